The molecular formula is C59H94O6. The normalized spacial score (nSPS) is 13.1. The number of carbonyl (C=O) groups is 3. The first kappa shape index (κ1) is 60.8. The Morgan fingerprint density at radius 3 is 1.05 bits per heavy atom. The summed E-state index contributed by atoms with van der Waals surface area (Å²) in [6, 6.07) is 0. The molecule has 0 spiro atoms. The first-order chi connectivity index (χ1) is 32.0. The molecule has 0 bridgehead atoms. The van der Waals surface area contributed by atoms with Crippen molar-refractivity contribution in [2.75, 3.05) is 13.2 Å². The molecule has 0 aliphatic carbocycles. The number of unbranched alkanes of at least 4 members (excludes halogenated alkanes) is 14. The van der Waals surface area contributed by atoms with Gasteiger partial charge in [0, 0.05) is 19.3 Å². The van der Waals surface area contributed by atoms with Crippen molar-refractivity contribution in [2.24, 2.45) is 0 Å². The topological polar surface area (TPSA) is 78.9 Å². The van der Waals surface area contributed by atoms with E-state index in [1.54, 1.807) is 0 Å². The van der Waals surface area contributed by atoms with Crippen molar-refractivity contribution < 1.29 is 28.6 Å². The molecule has 65 heavy (non-hydrogen) atoms. The Balaban J connectivity index is 4.28. The predicted octanol–water partition coefficient (Wildman–Crippen LogP) is 17.3. The predicted molar refractivity (Wildman–Crippen MR) is 279 cm³/mol. The maximum absolute atomic E-state index is 12.7. The summed E-state index contributed by atoms with van der Waals surface area (Å²) in [5.74, 6) is -0.993. The molecule has 0 saturated carbocycles. The zero-order valence-corrected chi connectivity index (χ0v) is 41.7. The summed E-state index contributed by atoms with van der Waals surface area (Å²) in [5, 5.41) is 0. The number of esters is 3. The smallest absolute Gasteiger partial charge is 0.306 e. The fourth-order valence-electron chi connectivity index (χ4n) is 6.55. The third kappa shape index (κ3) is 50.7. The van der Waals surface area contributed by atoms with Crippen molar-refractivity contribution in [3.8, 4) is 0 Å². The molecule has 0 aliphatic rings. The van der Waals surface area contributed by atoms with Gasteiger partial charge in [0.2, 0.25) is 0 Å². The van der Waals surface area contributed by atoms with Crippen LogP contribution in [0, 0.1) is 0 Å². The lowest BCUT2D eigenvalue weighted by Crippen LogP contribution is -2.30. The van der Waals surface area contributed by atoms with Crippen molar-refractivity contribution in [2.45, 2.75) is 219 Å². The Kier molecular flexibility index (Phi) is 49.1. The van der Waals surface area contributed by atoms with E-state index in [0.717, 1.165) is 116 Å². The minimum absolute atomic E-state index is 0.102. The average Bonchev–Trinajstić information content (AvgIpc) is 3.30. The molecule has 0 aliphatic heterocycles. The summed E-state index contributed by atoms with van der Waals surface area (Å²) in [7, 11) is 0. The molecular weight excluding hydrogens is 805 g/mol. The minimum Gasteiger partial charge on any atom is -0.462 e. The number of carbonyl (C=O) groups excluding carboxylic acids is 3. The molecule has 0 amide bonds. The highest BCUT2D eigenvalue weighted by atomic mass is 16.6. The molecule has 0 fully saturated rings. The van der Waals surface area contributed by atoms with Crippen molar-refractivity contribution in [1.82, 2.24) is 0 Å². The van der Waals surface area contributed by atoms with Crippen molar-refractivity contribution in [1.29, 1.82) is 0 Å². The summed E-state index contributed by atoms with van der Waals surface area (Å²) < 4.78 is 16.6. The molecule has 1 atom stereocenters. The van der Waals surface area contributed by atoms with Gasteiger partial charge in [-0.25, -0.2) is 0 Å². The average molecular weight is 899 g/mol. The second-order valence-corrected chi connectivity index (χ2v) is 16.7. The second kappa shape index (κ2) is 52.4. The van der Waals surface area contributed by atoms with Gasteiger partial charge in [0.1, 0.15) is 13.2 Å². The number of hydrogen-bond donors (Lipinski definition) is 0. The molecule has 0 saturated heterocycles. The van der Waals surface area contributed by atoms with Crippen molar-refractivity contribution in [3.05, 3.63) is 122 Å². The van der Waals surface area contributed by atoms with Gasteiger partial charge >= 0.3 is 17.9 Å². The molecule has 0 N–H and O–H groups in total. The molecule has 0 rings (SSSR count). The molecule has 0 aromatic carbocycles. The van der Waals surface area contributed by atoms with E-state index in [1.807, 2.05) is 0 Å². The van der Waals surface area contributed by atoms with E-state index in [-0.39, 0.29) is 37.5 Å². The lowest BCUT2D eigenvalue weighted by molar-refractivity contribution is -0.167. The van der Waals surface area contributed by atoms with Gasteiger partial charge in [0.15, 0.2) is 6.10 Å². The van der Waals surface area contributed by atoms with Crippen LogP contribution in [0.4, 0.5) is 0 Å². The molecule has 6 heteroatoms. The van der Waals surface area contributed by atoms with Crippen molar-refractivity contribution >= 4 is 17.9 Å². The molecule has 1 unspecified atom stereocenters. The SMILES string of the molecule is CC/C=C\C/C=C\C/C=C\C/C=C\C/C=C\C/C=C\C/C=C\C/C=C\C/C=C\CCCC(=O)OCC(COC(=O)CCCCCCCC)OC(=O)CCCCCCC/C=C\CCCCC. The Labute approximate surface area is 399 Å². The largest absolute Gasteiger partial charge is 0.462 e. The summed E-state index contributed by atoms with van der Waals surface area (Å²) >= 11 is 0. The highest BCUT2D eigenvalue weighted by Gasteiger charge is 2.19. The van der Waals surface area contributed by atoms with E-state index in [0.29, 0.717) is 19.3 Å². The first-order valence-electron chi connectivity index (χ1n) is 26.0. The summed E-state index contributed by atoms with van der Waals surface area (Å²) in [5.41, 5.74) is 0. The van der Waals surface area contributed by atoms with Gasteiger partial charge in [0.25, 0.3) is 0 Å². The van der Waals surface area contributed by atoms with E-state index in [9.17, 15) is 14.4 Å². The molecule has 6 nitrogen and oxygen atoms in total. The van der Waals surface area contributed by atoms with E-state index < -0.39 is 6.10 Å². The Bertz CT molecular complexity index is 1400. The third-order valence-corrected chi connectivity index (χ3v) is 10.5. The van der Waals surface area contributed by atoms with Crippen LogP contribution >= 0.6 is 0 Å². The van der Waals surface area contributed by atoms with Crippen LogP contribution in [0.15, 0.2) is 122 Å². The fraction of sp³-hybridized carbons (Fsp3) is 0.610. The fourth-order valence-corrected chi connectivity index (χ4v) is 6.55. The lowest BCUT2D eigenvalue weighted by Gasteiger charge is -2.18. The first-order valence-corrected chi connectivity index (χ1v) is 26.0. The molecule has 0 heterocycles. The molecule has 0 aromatic rings. The minimum atomic E-state index is -0.803. The van der Waals surface area contributed by atoms with Gasteiger partial charge in [-0.15, -0.1) is 0 Å². The van der Waals surface area contributed by atoms with Crippen LogP contribution in [0.25, 0.3) is 0 Å². The summed E-state index contributed by atoms with van der Waals surface area (Å²) in [6.07, 6.45) is 72.2. The van der Waals surface area contributed by atoms with E-state index >= 15 is 0 Å². The van der Waals surface area contributed by atoms with Gasteiger partial charge in [-0.1, -0.05) is 206 Å². The number of rotatable bonds is 45. The van der Waals surface area contributed by atoms with Gasteiger partial charge in [0.05, 0.1) is 0 Å². The van der Waals surface area contributed by atoms with Crippen LogP contribution in [-0.4, -0.2) is 37.2 Å². The lowest BCUT2D eigenvalue weighted by atomic mass is 10.1. The molecule has 0 aromatic heterocycles. The molecule has 0 radical (unpaired) electrons. The highest BCUT2D eigenvalue weighted by molar-refractivity contribution is 5.71. The van der Waals surface area contributed by atoms with Crippen LogP contribution in [0.5, 0.6) is 0 Å². The monoisotopic (exact) mass is 899 g/mol. The van der Waals surface area contributed by atoms with Gasteiger partial charge in [-0.2, -0.15) is 0 Å². The zero-order valence-electron chi connectivity index (χ0n) is 41.7. The van der Waals surface area contributed by atoms with Crippen LogP contribution in [-0.2, 0) is 28.6 Å². The van der Waals surface area contributed by atoms with Crippen LogP contribution in [0.1, 0.15) is 213 Å². The summed E-state index contributed by atoms with van der Waals surface area (Å²) in [6.45, 7) is 6.36. The Morgan fingerprint density at radius 1 is 0.323 bits per heavy atom. The van der Waals surface area contributed by atoms with Crippen LogP contribution in [0.3, 0.4) is 0 Å². The maximum atomic E-state index is 12.7. The van der Waals surface area contributed by atoms with Crippen LogP contribution in [0.2, 0.25) is 0 Å². The van der Waals surface area contributed by atoms with Crippen LogP contribution < -0.4 is 0 Å². The second-order valence-electron chi connectivity index (χ2n) is 16.7. The standard InChI is InChI=1S/C59H94O6/c1-4-7-10-13-16-18-20-22-23-24-25-26-27-28-29-30-31-32-33-34-35-36-37-38-40-41-43-46-49-52-58(61)64-55-56(54-63-57(60)51-48-45-15-12-9-6-3)65-59(62)53-50-47-44-42-39-21-19-17-14-11-8-5-2/h7,10,16-19,22-23,25-26,28-29,31-32,34-35,37-38,41,43,56H,4-6,8-9,11-15,20-21,24,27,30,33,36,39-40,42,44-55H2,1-3H3/b10-7-,18-16-,19-17-,23-22-,26-25-,29-28-,32-31-,35-34-,38-37-,43-41-. The summed E-state index contributed by atoms with van der Waals surface area (Å²) in [4.78, 5) is 37.6. The van der Waals surface area contributed by atoms with E-state index in [2.05, 4.69) is 142 Å². The van der Waals surface area contributed by atoms with Crippen molar-refractivity contribution in [3.63, 3.8) is 0 Å². The van der Waals surface area contributed by atoms with Gasteiger partial charge < -0.3 is 14.2 Å². The third-order valence-electron chi connectivity index (χ3n) is 10.5. The van der Waals surface area contributed by atoms with Gasteiger partial charge in [-0.05, 0) is 109 Å². The zero-order chi connectivity index (χ0) is 47.2. The van der Waals surface area contributed by atoms with Gasteiger partial charge in [-0.3, -0.25) is 14.4 Å². The Morgan fingerprint density at radius 2 is 0.615 bits per heavy atom. The molecule has 366 valence electrons. The number of hydrogen-bond acceptors (Lipinski definition) is 6. The number of allylic oxidation sites excluding steroid dienone is 20. The van der Waals surface area contributed by atoms with E-state index in [1.165, 1.54) is 51.4 Å². The highest BCUT2D eigenvalue weighted by Crippen LogP contribution is 2.12. The number of ether oxygens (including phenoxy) is 3. The Hall–Kier alpha value is -4.19. The quantitative estimate of drug-likeness (QED) is 0.0262. The maximum Gasteiger partial charge on any atom is 0.306 e. The van der Waals surface area contributed by atoms with E-state index in [4.69, 9.17) is 14.2 Å².